The molecule has 0 radical (unpaired) electrons. The lowest BCUT2D eigenvalue weighted by Crippen LogP contribution is -2.11. The van der Waals surface area contributed by atoms with Crippen LogP contribution in [0.15, 0.2) is 28.1 Å². The van der Waals surface area contributed by atoms with Gasteiger partial charge in [-0.1, -0.05) is 28.9 Å². The Balaban J connectivity index is 2.45. The molecule has 1 aromatic carbocycles. The highest BCUT2D eigenvalue weighted by atomic mass is 79.9. The van der Waals surface area contributed by atoms with Crippen molar-refractivity contribution in [3.63, 3.8) is 0 Å². The summed E-state index contributed by atoms with van der Waals surface area (Å²) in [5.74, 6) is 0. The predicted octanol–water partition coefficient (Wildman–Crippen LogP) is 3.77. The summed E-state index contributed by atoms with van der Waals surface area (Å²) < 4.78 is 2.55. The van der Waals surface area contributed by atoms with Crippen LogP contribution >= 0.6 is 27.3 Å². The van der Waals surface area contributed by atoms with Gasteiger partial charge in [-0.15, -0.1) is 11.3 Å². The van der Waals surface area contributed by atoms with Gasteiger partial charge in [-0.05, 0) is 29.6 Å². The Labute approximate surface area is 96.3 Å². The first-order valence-electron chi connectivity index (χ1n) is 4.68. The molecule has 2 rings (SSSR count). The Morgan fingerprint density at radius 2 is 2.29 bits per heavy atom. The number of halogens is 1. The fraction of sp³-hybridized carbons (Fsp3) is 0.273. The van der Waals surface area contributed by atoms with Crippen molar-refractivity contribution in [1.29, 1.82) is 0 Å². The molecule has 74 valence electrons. The zero-order chi connectivity index (χ0) is 9.97. The standard InChI is InChI=1S/C11H12BrNS/c1-2-13-6-8-7-14-10-5-3-4-9(12)11(8)10/h3-5,7,13H,2,6H2,1H3. The Hall–Kier alpha value is -0.380. The molecule has 1 N–H and O–H groups in total. The van der Waals surface area contributed by atoms with Gasteiger partial charge in [0.05, 0.1) is 0 Å². The fourth-order valence-corrected chi connectivity index (χ4v) is 3.24. The van der Waals surface area contributed by atoms with Crippen LogP contribution in [-0.4, -0.2) is 6.54 Å². The van der Waals surface area contributed by atoms with Gasteiger partial charge in [0.25, 0.3) is 0 Å². The van der Waals surface area contributed by atoms with Crippen LogP contribution in [0.5, 0.6) is 0 Å². The Bertz CT molecular complexity index is 436. The molecule has 0 saturated carbocycles. The van der Waals surface area contributed by atoms with Crippen molar-refractivity contribution in [2.24, 2.45) is 0 Å². The summed E-state index contributed by atoms with van der Waals surface area (Å²) in [5, 5.41) is 6.95. The van der Waals surface area contributed by atoms with E-state index in [1.54, 1.807) is 0 Å². The van der Waals surface area contributed by atoms with E-state index in [-0.39, 0.29) is 0 Å². The first-order valence-corrected chi connectivity index (χ1v) is 6.35. The van der Waals surface area contributed by atoms with Crippen molar-refractivity contribution in [3.05, 3.63) is 33.6 Å². The van der Waals surface area contributed by atoms with Gasteiger partial charge in [-0.3, -0.25) is 0 Å². The van der Waals surface area contributed by atoms with E-state index in [9.17, 15) is 0 Å². The summed E-state index contributed by atoms with van der Waals surface area (Å²) in [6.07, 6.45) is 0. The third-order valence-electron chi connectivity index (χ3n) is 2.19. The molecule has 0 fully saturated rings. The minimum Gasteiger partial charge on any atom is -0.313 e. The van der Waals surface area contributed by atoms with E-state index >= 15 is 0 Å². The number of fused-ring (bicyclic) bond motifs is 1. The first kappa shape index (κ1) is 10.1. The van der Waals surface area contributed by atoms with Crippen molar-refractivity contribution in [2.75, 3.05) is 6.54 Å². The molecule has 14 heavy (non-hydrogen) atoms. The Morgan fingerprint density at radius 1 is 1.43 bits per heavy atom. The summed E-state index contributed by atoms with van der Waals surface area (Å²) in [5.41, 5.74) is 1.39. The second-order valence-corrected chi connectivity index (χ2v) is 4.92. The monoisotopic (exact) mass is 269 g/mol. The van der Waals surface area contributed by atoms with Gasteiger partial charge in [0.2, 0.25) is 0 Å². The maximum Gasteiger partial charge on any atom is 0.0357 e. The van der Waals surface area contributed by atoms with Gasteiger partial charge in [-0.25, -0.2) is 0 Å². The molecule has 0 bridgehead atoms. The summed E-state index contributed by atoms with van der Waals surface area (Å²) >= 11 is 5.41. The molecule has 3 heteroatoms. The predicted molar refractivity (Wildman–Crippen MR) is 66.9 cm³/mol. The molecule has 0 spiro atoms. The highest BCUT2D eigenvalue weighted by molar-refractivity contribution is 9.10. The summed E-state index contributed by atoms with van der Waals surface area (Å²) in [6.45, 7) is 4.10. The smallest absolute Gasteiger partial charge is 0.0357 e. The van der Waals surface area contributed by atoms with E-state index < -0.39 is 0 Å². The molecular weight excluding hydrogens is 258 g/mol. The van der Waals surface area contributed by atoms with Gasteiger partial charge in [0, 0.05) is 21.1 Å². The van der Waals surface area contributed by atoms with E-state index in [4.69, 9.17) is 0 Å². The van der Waals surface area contributed by atoms with E-state index in [1.165, 1.54) is 20.1 Å². The number of benzene rings is 1. The number of thiophene rings is 1. The van der Waals surface area contributed by atoms with Crippen LogP contribution in [0, 0.1) is 0 Å². The number of nitrogens with one attached hydrogen (secondary N) is 1. The van der Waals surface area contributed by atoms with E-state index in [0.29, 0.717) is 0 Å². The molecule has 1 heterocycles. The fourth-order valence-electron chi connectivity index (χ4n) is 1.50. The quantitative estimate of drug-likeness (QED) is 0.895. The molecule has 0 amide bonds. The van der Waals surface area contributed by atoms with Gasteiger partial charge >= 0.3 is 0 Å². The molecule has 0 aliphatic carbocycles. The molecule has 1 aromatic heterocycles. The van der Waals surface area contributed by atoms with Crippen molar-refractivity contribution in [2.45, 2.75) is 13.5 Å². The minimum atomic E-state index is 0.957. The third-order valence-corrected chi connectivity index (χ3v) is 3.85. The van der Waals surface area contributed by atoms with Crippen LogP contribution < -0.4 is 5.32 Å². The highest BCUT2D eigenvalue weighted by Gasteiger charge is 2.05. The second kappa shape index (κ2) is 4.43. The van der Waals surface area contributed by atoms with Crippen molar-refractivity contribution >= 4 is 37.4 Å². The van der Waals surface area contributed by atoms with Crippen LogP contribution in [-0.2, 0) is 6.54 Å². The zero-order valence-corrected chi connectivity index (χ0v) is 10.4. The van der Waals surface area contributed by atoms with Crippen molar-refractivity contribution in [1.82, 2.24) is 5.32 Å². The van der Waals surface area contributed by atoms with Crippen LogP contribution in [0.25, 0.3) is 10.1 Å². The van der Waals surface area contributed by atoms with Crippen molar-refractivity contribution < 1.29 is 0 Å². The maximum absolute atomic E-state index is 3.60. The van der Waals surface area contributed by atoms with Crippen LogP contribution in [0.3, 0.4) is 0 Å². The Morgan fingerprint density at radius 3 is 3.07 bits per heavy atom. The van der Waals surface area contributed by atoms with E-state index in [1.807, 2.05) is 11.3 Å². The van der Waals surface area contributed by atoms with Gasteiger partial charge in [0.15, 0.2) is 0 Å². The minimum absolute atomic E-state index is 0.957. The average molecular weight is 270 g/mol. The maximum atomic E-state index is 3.60. The lowest BCUT2D eigenvalue weighted by atomic mass is 10.2. The number of hydrogen-bond donors (Lipinski definition) is 1. The topological polar surface area (TPSA) is 12.0 Å². The van der Waals surface area contributed by atoms with Gasteiger partial charge in [-0.2, -0.15) is 0 Å². The average Bonchev–Trinajstić information content (AvgIpc) is 2.59. The first-order chi connectivity index (χ1) is 6.83. The molecule has 0 atom stereocenters. The van der Waals surface area contributed by atoms with Crippen molar-refractivity contribution in [3.8, 4) is 0 Å². The molecular formula is C11H12BrNS. The largest absolute Gasteiger partial charge is 0.313 e. The lowest BCUT2D eigenvalue weighted by Gasteiger charge is -2.01. The summed E-state index contributed by atoms with van der Waals surface area (Å²) in [7, 11) is 0. The SMILES string of the molecule is CCNCc1csc2cccc(Br)c12. The summed E-state index contributed by atoms with van der Waals surface area (Å²) in [4.78, 5) is 0. The third kappa shape index (κ3) is 1.85. The van der Waals surface area contributed by atoms with E-state index in [2.05, 4.69) is 51.7 Å². The van der Waals surface area contributed by atoms with Gasteiger partial charge in [0.1, 0.15) is 0 Å². The number of rotatable bonds is 3. The molecule has 0 saturated heterocycles. The zero-order valence-electron chi connectivity index (χ0n) is 8.01. The van der Waals surface area contributed by atoms with Crippen LogP contribution in [0.1, 0.15) is 12.5 Å². The normalized spacial score (nSPS) is 11.0. The summed E-state index contributed by atoms with van der Waals surface area (Å²) in [6, 6.07) is 6.35. The number of hydrogen-bond acceptors (Lipinski definition) is 2. The van der Waals surface area contributed by atoms with Gasteiger partial charge < -0.3 is 5.32 Å². The molecule has 0 aliphatic heterocycles. The molecule has 0 unspecified atom stereocenters. The Kier molecular flexibility index (Phi) is 3.21. The van der Waals surface area contributed by atoms with Crippen LogP contribution in [0.4, 0.5) is 0 Å². The molecule has 0 aliphatic rings. The molecule has 1 nitrogen and oxygen atoms in total. The highest BCUT2D eigenvalue weighted by Crippen LogP contribution is 2.32. The van der Waals surface area contributed by atoms with E-state index in [0.717, 1.165) is 13.1 Å². The molecule has 2 aromatic rings. The van der Waals surface area contributed by atoms with Crippen LogP contribution in [0.2, 0.25) is 0 Å². The lowest BCUT2D eigenvalue weighted by molar-refractivity contribution is 0.732. The second-order valence-electron chi connectivity index (χ2n) is 3.15.